The van der Waals surface area contributed by atoms with Gasteiger partial charge in [-0.25, -0.2) is 27.8 Å². The van der Waals surface area contributed by atoms with Crippen LogP contribution in [0.3, 0.4) is 0 Å². The molecule has 4 heterocycles. The fraction of sp³-hybridized carbons (Fsp3) is 0.500. The van der Waals surface area contributed by atoms with Gasteiger partial charge >= 0.3 is 0 Å². The van der Waals surface area contributed by atoms with Crippen LogP contribution in [-0.2, 0) is 11.3 Å². The van der Waals surface area contributed by atoms with Crippen LogP contribution in [0, 0.1) is 36.2 Å². The fourth-order valence-electron chi connectivity index (χ4n) is 5.64. The van der Waals surface area contributed by atoms with Gasteiger partial charge in [-0.15, -0.1) is 5.10 Å². The van der Waals surface area contributed by atoms with Crippen molar-refractivity contribution in [2.75, 3.05) is 29.9 Å². The minimum absolute atomic E-state index is 0.0838. The van der Waals surface area contributed by atoms with Gasteiger partial charge in [0.25, 0.3) is 0 Å². The number of hydrogen-bond acceptors (Lipinski definition) is 7. The molecule has 4 atom stereocenters. The van der Waals surface area contributed by atoms with Crippen molar-refractivity contribution < 1.29 is 17.9 Å². The summed E-state index contributed by atoms with van der Waals surface area (Å²) in [6.07, 6.45) is 3.49. The maximum atomic E-state index is 14.6. The van der Waals surface area contributed by atoms with Gasteiger partial charge in [0.2, 0.25) is 5.95 Å². The Bertz CT molecular complexity index is 1240. The number of hydrogen-bond donors (Lipinski definition) is 1. The van der Waals surface area contributed by atoms with Gasteiger partial charge in [0.05, 0.1) is 0 Å². The molecule has 11 heteroatoms. The maximum absolute atomic E-state index is 14.6. The van der Waals surface area contributed by atoms with Crippen LogP contribution in [0.2, 0.25) is 0 Å². The third-order valence-electron chi connectivity index (χ3n) is 7.32. The zero-order chi connectivity index (χ0) is 24.1. The second-order valence-corrected chi connectivity index (χ2v) is 9.58. The summed E-state index contributed by atoms with van der Waals surface area (Å²) in [6, 6.07) is 4.34. The molecule has 1 saturated heterocycles. The standard InChI is InChI=1S/C24H26F3N7O/c1-13-9-18(29-12-28-13)33-10-14-3-4-15(11-33)21(14)30-24-31-23-22(35-8-2-7-34(23)32-24)16-5-6-17(25)20(27)19(16)26/h5-6,9,12,14-15,21-22H,2-4,7-8,10-11H2,1H3,(H,30,32)/t14-,15+,21?,22?. The molecule has 1 N–H and O–H groups in total. The minimum Gasteiger partial charge on any atom is -0.365 e. The molecule has 0 spiro atoms. The van der Waals surface area contributed by atoms with Crippen molar-refractivity contribution in [3.05, 3.63) is 59.1 Å². The lowest BCUT2D eigenvalue weighted by atomic mass is 9.92. The molecule has 3 aliphatic rings. The second-order valence-electron chi connectivity index (χ2n) is 9.58. The van der Waals surface area contributed by atoms with E-state index in [2.05, 4.69) is 30.3 Å². The Morgan fingerprint density at radius 1 is 1.06 bits per heavy atom. The van der Waals surface area contributed by atoms with E-state index in [4.69, 9.17) is 4.74 Å². The van der Waals surface area contributed by atoms with E-state index in [-0.39, 0.29) is 11.6 Å². The van der Waals surface area contributed by atoms with Crippen LogP contribution >= 0.6 is 0 Å². The Balaban J connectivity index is 1.24. The highest BCUT2D eigenvalue weighted by Crippen LogP contribution is 2.40. The van der Waals surface area contributed by atoms with Crippen molar-refractivity contribution in [3.8, 4) is 0 Å². The first-order chi connectivity index (χ1) is 17.0. The number of piperidine rings is 1. The summed E-state index contributed by atoms with van der Waals surface area (Å²) >= 11 is 0. The number of fused-ring (bicyclic) bond motifs is 3. The summed E-state index contributed by atoms with van der Waals surface area (Å²) in [6.45, 7) is 4.60. The molecule has 2 fully saturated rings. The fourth-order valence-corrected chi connectivity index (χ4v) is 5.64. The second kappa shape index (κ2) is 8.78. The first-order valence-corrected chi connectivity index (χ1v) is 12.0. The largest absolute Gasteiger partial charge is 0.365 e. The van der Waals surface area contributed by atoms with E-state index in [0.717, 1.165) is 43.5 Å². The molecule has 1 aliphatic carbocycles. The maximum Gasteiger partial charge on any atom is 0.242 e. The number of anilines is 2. The van der Waals surface area contributed by atoms with Gasteiger partial charge < -0.3 is 15.0 Å². The van der Waals surface area contributed by atoms with Gasteiger partial charge in [-0.1, -0.05) is 0 Å². The molecule has 184 valence electrons. The van der Waals surface area contributed by atoms with Crippen molar-refractivity contribution in [2.24, 2.45) is 11.8 Å². The summed E-state index contributed by atoms with van der Waals surface area (Å²) in [4.78, 5) is 15.6. The molecule has 2 unspecified atom stereocenters. The Hall–Kier alpha value is -3.21. The van der Waals surface area contributed by atoms with E-state index in [1.165, 1.54) is 6.07 Å². The van der Waals surface area contributed by atoms with Crippen LogP contribution in [0.25, 0.3) is 0 Å². The molecule has 0 radical (unpaired) electrons. The monoisotopic (exact) mass is 485 g/mol. The lowest BCUT2D eigenvalue weighted by Crippen LogP contribution is -2.48. The van der Waals surface area contributed by atoms with Crippen molar-refractivity contribution in [3.63, 3.8) is 0 Å². The van der Waals surface area contributed by atoms with Crippen molar-refractivity contribution in [1.82, 2.24) is 24.7 Å². The summed E-state index contributed by atoms with van der Waals surface area (Å²) in [5, 5.41) is 8.15. The Labute approximate surface area is 200 Å². The Morgan fingerprint density at radius 2 is 1.86 bits per heavy atom. The van der Waals surface area contributed by atoms with E-state index in [0.29, 0.717) is 43.2 Å². The minimum atomic E-state index is -1.51. The van der Waals surface area contributed by atoms with Crippen LogP contribution in [0.15, 0.2) is 24.5 Å². The summed E-state index contributed by atoms with van der Waals surface area (Å²) in [5.41, 5.74) is 0.861. The van der Waals surface area contributed by atoms with Gasteiger partial charge in [0.15, 0.2) is 23.3 Å². The van der Waals surface area contributed by atoms with Crippen molar-refractivity contribution >= 4 is 11.8 Å². The van der Waals surface area contributed by atoms with E-state index in [1.807, 2.05) is 13.0 Å². The topological polar surface area (TPSA) is 81.0 Å². The zero-order valence-corrected chi connectivity index (χ0v) is 19.3. The summed E-state index contributed by atoms with van der Waals surface area (Å²) in [7, 11) is 0. The summed E-state index contributed by atoms with van der Waals surface area (Å²) in [5.74, 6) is -1.40. The average molecular weight is 486 g/mol. The number of rotatable bonds is 4. The predicted octanol–water partition coefficient (Wildman–Crippen LogP) is 3.63. The highest BCUT2D eigenvalue weighted by Gasteiger charge is 2.43. The van der Waals surface area contributed by atoms with E-state index in [1.54, 1.807) is 11.0 Å². The lowest BCUT2D eigenvalue weighted by Gasteiger charge is -2.38. The molecule has 35 heavy (non-hydrogen) atoms. The number of nitrogens with one attached hydrogen (secondary N) is 1. The zero-order valence-electron chi connectivity index (χ0n) is 19.3. The van der Waals surface area contributed by atoms with E-state index in [9.17, 15) is 13.2 Å². The van der Waals surface area contributed by atoms with Crippen LogP contribution in [0.4, 0.5) is 24.9 Å². The quantitative estimate of drug-likeness (QED) is 0.566. The predicted molar refractivity (Wildman–Crippen MR) is 121 cm³/mol. The van der Waals surface area contributed by atoms with Gasteiger partial charge in [0, 0.05) is 49.6 Å². The first kappa shape index (κ1) is 22.3. The number of ether oxygens (including phenoxy) is 1. The molecule has 1 aromatic carbocycles. The number of nitrogens with zero attached hydrogens (tertiary/aromatic N) is 6. The smallest absolute Gasteiger partial charge is 0.242 e. The van der Waals surface area contributed by atoms with Crippen LogP contribution in [-0.4, -0.2) is 50.5 Å². The van der Waals surface area contributed by atoms with Crippen LogP contribution in [0.5, 0.6) is 0 Å². The Kier molecular flexibility index (Phi) is 5.58. The van der Waals surface area contributed by atoms with Crippen LogP contribution < -0.4 is 10.2 Å². The number of aromatic nitrogens is 5. The molecular weight excluding hydrogens is 459 g/mol. The normalized spacial score (nSPS) is 25.9. The first-order valence-electron chi connectivity index (χ1n) is 12.0. The molecule has 3 aromatic rings. The highest BCUT2D eigenvalue weighted by atomic mass is 19.2. The molecule has 2 aromatic heterocycles. The summed E-state index contributed by atoms with van der Waals surface area (Å²) < 4.78 is 49.5. The number of aryl methyl sites for hydroxylation is 2. The molecule has 2 aliphatic heterocycles. The van der Waals surface area contributed by atoms with Gasteiger partial charge in [-0.3, -0.25) is 0 Å². The molecule has 0 amide bonds. The molecule has 2 bridgehead atoms. The third kappa shape index (κ3) is 4.01. The lowest BCUT2D eigenvalue weighted by molar-refractivity contribution is 0.0780. The molecule has 1 saturated carbocycles. The van der Waals surface area contributed by atoms with E-state index < -0.39 is 23.6 Å². The number of benzene rings is 1. The van der Waals surface area contributed by atoms with Crippen molar-refractivity contribution in [1.29, 1.82) is 0 Å². The van der Waals surface area contributed by atoms with Crippen molar-refractivity contribution in [2.45, 2.75) is 44.9 Å². The highest BCUT2D eigenvalue weighted by molar-refractivity contribution is 5.42. The van der Waals surface area contributed by atoms with Gasteiger partial charge in [-0.05, 0) is 50.2 Å². The molecule has 8 nitrogen and oxygen atoms in total. The van der Waals surface area contributed by atoms with Gasteiger partial charge in [0.1, 0.15) is 18.2 Å². The molecular formula is C24H26F3N7O. The average Bonchev–Trinajstić information content (AvgIpc) is 3.25. The molecule has 6 rings (SSSR count). The SMILES string of the molecule is Cc1cc(N2C[C@H]3CC[C@@H](C2)C3Nc2nc3n(n2)CCCOC3c2ccc(F)c(F)c2F)ncn1. The van der Waals surface area contributed by atoms with E-state index >= 15 is 0 Å². The van der Waals surface area contributed by atoms with Crippen LogP contribution in [0.1, 0.15) is 42.4 Å². The van der Waals surface area contributed by atoms with Gasteiger partial charge in [-0.2, -0.15) is 4.98 Å². The number of halogens is 3. The third-order valence-corrected chi connectivity index (χ3v) is 7.32. The Morgan fingerprint density at radius 3 is 2.63 bits per heavy atom.